The van der Waals surface area contributed by atoms with E-state index in [-0.39, 0.29) is 0 Å². The smallest absolute Gasteiger partial charge is 0.0378 e. The van der Waals surface area contributed by atoms with Crippen molar-refractivity contribution in [1.82, 2.24) is 0 Å². The van der Waals surface area contributed by atoms with Gasteiger partial charge in [0.25, 0.3) is 0 Å². The number of rotatable bonds is 1. The summed E-state index contributed by atoms with van der Waals surface area (Å²) in [6.07, 6.45) is 2.52. The van der Waals surface area contributed by atoms with Gasteiger partial charge < -0.3 is 5.32 Å². The molecule has 2 atom stereocenters. The predicted molar refractivity (Wildman–Crippen MR) is 50.6 cm³/mol. The third-order valence-corrected chi connectivity index (χ3v) is 3.06. The zero-order chi connectivity index (χ0) is 8.13. The summed E-state index contributed by atoms with van der Waals surface area (Å²) in [6, 6.07) is 7.63. The number of fused-ring (bicyclic) bond motifs is 3. The molecule has 12 heavy (non-hydrogen) atoms. The first-order valence-electron chi connectivity index (χ1n) is 4.78. The van der Waals surface area contributed by atoms with Gasteiger partial charge in [0, 0.05) is 17.6 Å². The van der Waals surface area contributed by atoms with Crippen molar-refractivity contribution in [2.75, 3.05) is 5.32 Å². The number of benzene rings is 1. The summed E-state index contributed by atoms with van der Waals surface area (Å²) < 4.78 is 0. The minimum atomic E-state index is 0.784. The summed E-state index contributed by atoms with van der Waals surface area (Å²) in [5.74, 6) is 0.853. The quantitative estimate of drug-likeness (QED) is 0.664. The highest BCUT2D eigenvalue weighted by Crippen LogP contribution is 2.51. The van der Waals surface area contributed by atoms with Crippen molar-refractivity contribution in [2.45, 2.75) is 31.7 Å². The Morgan fingerprint density at radius 3 is 3.25 bits per heavy atom. The number of hydrogen-bond donors (Lipinski definition) is 1. The molecule has 1 heterocycles. The Balaban J connectivity index is 2.09. The molecule has 1 aromatic carbocycles. The summed E-state index contributed by atoms with van der Waals surface area (Å²) in [6.45, 7) is 2.22. The van der Waals surface area contributed by atoms with Gasteiger partial charge in [-0.3, -0.25) is 0 Å². The molecule has 0 spiro atoms. The van der Waals surface area contributed by atoms with E-state index < -0.39 is 0 Å². The summed E-state index contributed by atoms with van der Waals surface area (Å²) in [4.78, 5) is 0. The fourth-order valence-corrected chi connectivity index (χ4v) is 2.17. The lowest BCUT2D eigenvalue weighted by atomic mass is 10.0. The zero-order valence-corrected chi connectivity index (χ0v) is 7.30. The van der Waals surface area contributed by atoms with Crippen molar-refractivity contribution < 1.29 is 0 Å². The van der Waals surface area contributed by atoms with Crippen LogP contribution in [0.4, 0.5) is 5.69 Å². The van der Waals surface area contributed by atoms with Crippen molar-refractivity contribution >= 4 is 5.69 Å². The number of hydrogen-bond acceptors (Lipinski definition) is 1. The fraction of sp³-hybridized carbons (Fsp3) is 0.455. The Labute approximate surface area is 72.8 Å². The first-order chi connectivity index (χ1) is 5.88. The SMILES string of the molecule is CCc1ccc2c(c1)C1CC1N2. The fourth-order valence-electron chi connectivity index (χ4n) is 2.17. The highest BCUT2D eigenvalue weighted by Gasteiger charge is 2.44. The van der Waals surface area contributed by atoms with Crippen molar-refractivity contribution in [3.63, 3.8) is 0 Å². The van der Waals surface area contributed by atoms with Gasteiger partial charge in [0.15, 0.2) is 0 Å². The number of nitrogens with one attached hydrogen (secondary N) is 1. The first kappa shape index (κ1) is 6.53. The molecule has 62 valence electrons. The standard InChI is InChI=1S/C11H13N/c1-2-7-3-4-10-8(5-7)9-6-11(9)12-10/h3-5,9,11-12H,2,6H2,1H3. The second-order valence-corrected chi connectivity index (χ2v) is 3.87. The van der Waals surface area contributed by atoms with Crippen LogP contribution in [-0.4, -0.2) is 6.04 Å². The van der Waals surface area contributed by atoms with Crippen molar-refractivity contribution in [3.05, 3.63) is 29.3 Å². The monoisotopic (exact) mass is 159 g/mol. The van der Waals surface area contributed by atoms with Crippen LogP contribution in [0, 0.1) is 0 Å². The van der Waals surface area contributed by atoms with Crippen LogP contribution in [0.25, 0.3) is 0 Å². The van der Waals surface area contributed by atoms with Crippen LogP contribution < -0.4 is 5.32 Å². The van der Waals surface area contributed by atoms with Crippen molar-refractivity contribution in [3.8, 4) is 0 Å². The van der Waals surface area contributed by atoms with Gasteiger partial charge in [-0.05, 0) is 30.0 Å². The molecule has 1 aromatic rings. The van der Waals surface area contributed by atoms with Crippen LogP contribution in [-0.2, 0) is 6.42 Å². The minimum Gasteiger partial charge on any atom is -0.381 e. The van der Waals surface area contributed by atoms with E-state index in [9.17, 15) is 0 Å². The molecule has 1 aliphatic heterocycles. The van der Waals surface area contributed by atoms with Gasteiger partial charge in [-0.1, -0.05) is 19.1 Å². The molecular formula is C11H13N. The molecule has 1 saturated carbocycles. The van der Waals surface area contributed by atoms with Crippen LogP contribution in [0.1, 0.15) is 30.4 Å². The lowest BCUT2D eigenvalue weighted by Gasteiger charge is -2.05. The molecule has 0 bridgehead atoms. The third kappa shape index (κ3) is 0.739. The summed E-state index contributed by atoms with van der Waals surface area (Å²) >= 11 is 0. The van der Waals surface area contributed by atoms with E-state index in [1.54, 1.807) is 5.56 Å². The van der Waals surface area contributed by atoms with Crippen LogP contribution in [0.3, 0.4) is 0 Å². The molecule has 2 unspecified atom stereocenters. The molecule has 1 N–H and O–H groups in total. The second kappa shape index (κ2) is 2.03. The van der Waals surface area contributed by atoms with Gasteiger partial charge in [0.1, 0.15) is 0 Å². The van der Waals surface area contributed by atoms with Gasteiger partial charge in [-0.15, -0.1) is 0 Å². The van der Waals surface area contributed by atoms with Gasteiger partial charge in [-0.2, -0.15) is 0 Å². The highest BCUT2D eigenvalue weighted by molar-refractivity contribution is 5.64. The van der Waals surface area contributed by atoms with E-state index in [0.29, 0.717) is 0 Å². The Morgan fingerprint density at radius 2 is 2.42 bits per heavy atom. The number of aryl methyl sites for hydroxylation is 1. The molecule has 3 rings (SSSR count). The minimum absolute atomic E-state index is 0.784. The third-order valence-electron chi connectivity index (χ3n) is 3.06. The van der Waals surface area contributed by atoms with E-state index >= 15 is 0 Å². The summed E-state index contributed by atoms with van der Waals surface area (Å²) in [5, 5.41) is 3.52. The maximum absolute atomic E-state index is 3.52. The van der Waals surface area contributed by atoms with E-state index in [4.69, 9.17) is 0 Å². The molecule has 1 fully saturated rings. The molecule has 1 nitrogen and oxygen atoms in total. The first-order valence-corrected chi connectivity index (χ1v) is 4.78. The average Bonchev–Trinajstić information content (AvgIpc) is 2.79. The predicted octanol–water partition coefficient (Wildman–Crippen LogP) is 2.53. The van der Waals surface area contributed by atoms with Crippen LogP contribution in [0.2, 0.25) is 0 Å². The van der Waals surface area contributed by atoms with E-state index in [1.807, 2.05) is 0 Å². The Kier molecular flexibility index (Phi) is 1.11. The van der Waals surface area contributed by atoms with E-state index in [1.165, 1.54) is 17.7 Å². The van der Waals surface area contributed by atoms with Gasteiger partial charge >= 0.3 is 0 Å². The van der Waals surface area contributed by atoms with Gasteiger partial charge in [0.05, 0.1) is 0 Å². The molecule has 0 aromatic heterocycles. The molecular weight excluding hydrogens is 146 g/mol. The van der Waals surface area contributed by atoms with Crippen molar-refractivity contribution in [1.29, 1.82) is 0 Å². The molecule has 1 aliphatic carbocycles. The summed E-state index contributed by atoms with van der Waals surface area (Å²) in [7, 11) is 0. The second-order valence-electron chi connectivity index (χ2n) is 3.87. The topological polar surface area (TPSA) is 12.0 Å². The maximum atomic E-state index is 3.52. The van der Waals surface area contributed by atoms with Gasteiger partial charge in [-0.25, -0.2) is 0 Å². The van der Waals surface area contributed by atoms with Crippen LogP contribution >= 0.6 is 0 Å². The maximum Gasteiger partial charge on any atom is 0.0378 e. The normalized spacial score (nSPS) is 29.1. The largest absolute Gasteiger partial charge is 0.381 e. The van der Waals surface area contributed by atoms with Crippen LogP contribution in [0.15, 0.2) is 18.2 Å². The Hall–Kier alpha value is -0.980. The van der Waals surface area contributed by atoms with E-state index in [0.717, 1.165) is 18.4 Å². The van der Waals surface area contributed by atoms with Gasteiger partial charge in [0.2, 0.25) is 0 Å². The molecule has 0 amide bonds. The number of anilines is 1. The molecule has 0 radical (unpaired) electrons. The molecule has 0 saturated heterocycles. The molecule has 1 heteroatoms. The Bertz CT molecular complexity index is 330. The van der Waals surface area contributed by atoms with Crippen LogP contribution in [0.5, 0.6) is 0 Å². The average molecular weight is 159 g/mol. The molecule has 2 aliphatic rings. The lowest BCUT2D eigenvalue weighted by Crippen LogP contribution is -1.96. The van der Waals surface area contributed by atoms with E-state index in [2.05, 4.69) is 30.4 Å². The highest BCUT2D eigenvalue weighted by atomic mass is 15.0. The van der Waals surface area contributed by atoms with Crippen molar-refractivity contribution in [2.24, 2.45) is 0 Å². The lowest BCUT2D eigenvalue weighted by molar-refractivity contribution is 1.10. The Morgan fingerprint density at radius 1 is 1.50 bits per heavy atom. The zero-order valence-electron chi connectivity index (χ0n) is 7.30. The summed E-state index contributed by atoms with van der Waals surface area (Å²) in [5.41, 5.74) is 4.43.